The minimum Gasteiger partial charge on any atom is -0.483 e. The summed E-state index contributed by atoms with van der Waals surface area (Å²) in [6, 6.07) is 13.7. The Bertz CT molecular complexity index is 968. The van der Waals surface area contributed by atoms with E-state index >= 15 is 0 Å². The number of carbonyl (C=O) groups excluding carboxylic acids is 1. The molecule has 0 saturated heterocycles. The van der Waals surface area contributed by atoms with Gasteiger partial charge in [0.25, 0.3) is 5.91 Å². The molecule has 2 aromatic carbocycles. The van der Waals surface area contributed by atoms with E-state index in [2.05, 4.69) is 5.32 Å². The maximum absolute atomic E-state index is 12.1. The van der Waals surface area contributed by atoms with Gasteiger partial charge >= 0.3 is 0 Å². The minimum absolute atomic E-state index is 0.139. The van der Waals surface area contributed by atoms with Crippen LogP contribution in [0.3, 0.4) is 0 Å². The molecule has 5 nitrogen and oxygen atoms in total. The van der Waals surface area contributed by atoms with Crippen LogP contribution >= 0.6 is 23.2 Å². The van der Waals surface area contributed by atoms with E-state index in [-0.39, 0.29) is 19.1 Å². The predicted molar refractivity (Wildman–Crippen MR) is 105 cm³/mol. The molecule has 3 rings (SSSR count). The van der Waals surface area contributed by atoms with E-state index < -0.39 is 0 Å². The summed E-state index contributed by atoms with van der Waals surface area (Å²) in [6.45, 7) is 1.53. The second-order valence-electron chi connectivity index (χ2n) is 5.87. The summed E-state index contributed by atoms with van der Waals surface area (Å²) in [4.78, 5) is 12.1. The molecule has 0 bridgehead atoms. The lowest BCUT2D eigenvalue weighted by atomic mass is 10.1. The van der Waals surface area contributed by atoms with Gasteiger partial charge in [-0.1, -0.05) is 23.2 Å². The minimum atomic E-state index is -0.311. The smallest absolute Gasteiger partial charge is 0.262 e. The molecule has 0 unspecified atom stereocenters. The van der Waals surface area contributed by atoms with Crippen LogP contribution in [0.25, 0.3) is 11.3 Å². The van der Waals surface area contributed by atoms with Crippen molar-refractivity contribution in [2.75, 3.05) is 11.9 Å². The monoisotopic (exact) mass is 405 g/mol. The molecule has 1 heterocycles. The highest BCUT2D eigenvalue weighted by molar-refractivity contribution is 6.33. The van der Waals surface area contributed by atoms with Crippen LogP contribution < -0.4 is 10.1 Å². The fraction of sp³-hybridized carbons (Fsp3) is 0.150. The summed E-state index contributed by atoms with van der Waals surface area (Å²) in [7, 11) is 0. The average molecular weight is 406 g/mol. The molecule has 2 N–H and O–H groups in total. The van der Waals surface area contributed by atoms with Crippen LogP contribution in [0.1, 0.15) is 11.3 Å². The fourth-order valence-electron chi connectivity index (χ4n) is 2.52. The number of hydrogen-bond donors (Lipinski definition) is 2. The van der Waals surface area contributed by atoms with Gasteiger partial charge in [0.15, 0.2) is 6.61 Å². The van der Waals surface area contributed by atoms with E-state index in [0.717, 1.165) is 5.56 Å². The number of aryl methyl sites for hydroxylation is 1. The second-order valence-corrected chi connectivity index (χ2v) is 6.71. The molecule has 0 radical (unpaired) electrons. The number of aliphatic hydroxyl groups is 1. The Hall–Kier alpha value is -2.47. The summed E-state index contributed by atoms with van der Waals surface area (Å²) in [5.74, 6) is 1.28. The second kappa shape index (κ2) is 8.48. The van der Waals surface area contributed by atoms with E-state index in [9.17, 15) is 4.79 Å². The summed E-state index contributed by atoms with van der Waals surface area (Å²) in [6.07, 6.45) is 0. The molecule has 1 aromatic heterocycles. The Labute approximate surface area is 166 Å². The SMILES string of the molecule is Cc1cc(Cl)ccc1OCC(=O)Nc1ccc(-c2ccc(CO)o2)c(Cl)c1. The van der Waals surface area contributed by atoms with Gasteiger partial charge in [0.05, 0.1) is 5.02 Å². The first-order chi connectivity index (χ1) is 13.0. The zero-order valence-corrected chi connectivity index (χ0v) is 16.0. The van der Waals surface area contributed by atoms with Crippen LogP contribution in [-0.4, -0.2) is 17.6 Å². The number of nitrogens with one attached hydrogen (secondary N) is 1. The molecule has 0 saturated carbocycles. The number of anilines is 1. The first kappa shape index (κ1) is 19.3. The topological polar surface area (TPSA) is 71.7 Å². The first-order valence-corrected chi connectivity index (χ1v) is 8.90. The van der Waals surface area contributed by atoms with Crippen LogP contribution in [0, 0.1) is 6.92 Å². The van der Waals surface area contributed by atoms with Crippen molar-refractivity contribution in [1.82, 2.24) is 0 Å². The van der Waals surface area contributed by atoms with Crippen LogP contribution in [0.5, 0.6) is 5.75 Å². The summed E-state index contributed by atoms with van der Waals surface area (Å²) in [5.41, 5.74) is 2.06. The number of benzene rings is 2. The molecule has 0 fully saturated rings. The molecule has 0 atom stereocenters. The maximum Gasteiger partial charge on any atom is 0.262 e. The van der Waals surface area contributed by atoms with Crippen LogP contribution in [0.4, 0.5) is 5.69 Å². The highest BCUT2D eigenvalue weighted by Crippen LogP contribution is 2.31. The lowest BCUT2D eigenvalue weighted by Crippen LogP contribution is -2.20. The molecule has 1 amide bonds. The molecule has 0 aliphatic carbocycles. The molecule has 140 valence electrons. The molecule has 0 aliphatic heterocycles. The Morgan fingerprint density at radius 1 is 1.15 bits per heavy atom. The van der Waals surface area contributed by atoms with Crippen molar-refractivity contribution in [2.45, 2.75) is 13.5 Å². The number of aliphatic hydroxyl groups excluding tert-OH is 1. The van der Waals surface area contributed by atoms with Crippen molar-refractivity contribution >= 4 is 34.8 Å². The number of amides is 1. The van der Waals surface area contributed by atoms with Crippen LogP contribution in [-0.2, 0) is 11.4 Å². The molecule has 0 aliphatic rings. The molecule has 0 spiro atoms. The third-order valence-electron chi connectivity index (χ3n) is 3.83. The summed E-state index contributed by atoms with van der Waals surface area (Å²) < 4.78 is 11.0. The third-order valence-corrected chi connectivity index (χ3v) is 4.38. The van der Waals surface area contributed by atoms with Crippen molar-refractivity contribution in [2.24, 2.45) is 0 Å². The molecule has 27 heavy (non-hydrogen) atoms. The van der Waals surface area contributed by atoms with E-state index in [1.54, 1.807) is 48.5 Å². The standard InChI is InChI=1S/C20H17Cl2NO4/c1-12-8-13(21)2-6-18(12)26-11-20(25)23-14-3-5-16(17(22)9-14)19-7-4-15(10-24)27-19/h2-9,24H,10-11H2,1H3,(H,23,25). The lowest BCUT2D eigenvalue weighted by molar-refractivity contribution is -0.118. The Morgan fingerprint density at radius 2 is 1.96 bits per heavy atom. The highest BCUT2D eigenvalue weighted by atomic mass is 35.5. The lowest BCUT2D eigenvalue weighted by Gasteiger charge is -2.10. The molecular formula is C20H17Cl2NO4. The Morgan fingerprint density at radius 3 is 2.63 bits per heavy atom. The Kier molecular flexibility index (Phi) is 6.06. The number of rotatable bonds is 6. The van der Waals surface area contributed by atoms with Gasteiger partial charge < -0.3 is 19.6 Å². The van der Waals surface area contributed by atoms with Gasteiger partial charge in [-0.05, 0) is 61.0 Å². The molecular weight excluding hydrogens is 389 g/mol. The van der Waals surface area contributed by atoms with Crippen LogP contribution in [0.2, 0.25) is 10.0 Å². The van der Waals surface area contributed by atoms with Gasteiger partial charge in [-0.2, -0.15) is 0 Å². The van der Waals surface area contributed by atoms with Crippen molar-refractivity contribution in [1.29, 1.82) is 0 Å². The number of ether oxygens (including phenoxy) is 1. The zero-order chi connectivity index (χ0) is 19.4. The highest BCUT2D eigenvalue weighted by Gasteiger charge is 2.11. The zero-order valence-electron chi connectivity index (χ0n) is 14.5. The number of hydrogen-bond acceptors (Lipinski definition) is 4. The summed E-state index contributed by atoms with van der Waals surface area (Å²) in [5, 5.41) is 12.8. The fourth-order valence-corrected chi connectivity index (χ4v) is 3.02. The van der Waals surface area contributed by atoms with Crippen molar-refractivity contribution in [3.63, 3.8) is 0 Å². The largest absolute Gasteiger partial charge is 0.483 e. The van der Waals surface area contributed by atoms with Gasteiger partial charge in [-0.15, -0.1) is 0 Å². The van der Waals surface area contributed by atoms with E-state index in [4.69, 9.17) is 37.5 Å². The normalized spacial score (nSPS) is 10.7. The number of furan rings is 1. The Balaban J connectivity index is 1.63. The maximum atomic E-state index is 12.1. The average Bonchev–Trinajstić information content (AvgIpc) is 3.10. The van der Waals surface area contributed by atoms with E-state index in [1.807, 2.05) is 6.92 Å². The van der Waals surface area contributed by atoms with Crippen molar-refractivity contribution in [3.8, 4) is 17.1 Å². The first-order valence-electron chi connectivity index (χ1n) is 8.14. The third kappa shape index (κ3) is 4.83. The molecule has 7 heteroatoms. The van der Waals surface area contributed by atoms with Gasteiger partial charge in [-0.3, -0.25) is 4.79 Å². The van der Waals surface area contributed by atoms with Gasteiger partial charge in [0, 0.05) is 16.3 Å². The number of halogens is 2. The van der Waals surface area contributed by atoms with E-state index in [1.165, 1.54) is 0 Å². The van der Waals surface area contributed by atoms with Gasteiger partial charge in [0.1, 0.15) is 23.9 Å². The predicted octanol–water partition coefficient (Wildman–Crippen LogP) is 5.07. The van der Waals surface area contributed by atoms with E-state index in [0.29, 0.717) is 38.6 Å². The summed E-state index contributed by atoms with van der Waals surface area (Å²) >= 11 is 12.2. The quantitative estimate of drug-likeness (QED) is 0.600. The number of carbonyl (C=O) groups is 1. The van der Waals surface area contributed by atoms with Gasteiger partial charge in [-0.25, -0.2) is 0 Å². The van der Waals surface area contributed by atoms with Crippen LogP contribution in [0.15, 0.2) is 52.9 Å². The van der Waals surface area contributed by atoms with Gasteiger partial charge in [0.2, 0.25) is 0 Å². The van der Waals surface area contributed by atoms with Crippen molar-refractivity contribution < 1.29 is 19.1 Å². The molecule has 3 aromatic rings. The van der Waals surface area contributed by atoms with Crippen molar-refractivity contribution in [3.05, 3.63) is 69.9 Å².